The lowest BCUT2D eigenvalue weighted by Crippen LogP contribution is -2.14. The number of rotatable bonds is 5. The molecule has 3 aromatic rings. The third-order valence-electron chi connectivity index (χ3n) is 3.13. The van der Waals surface area contributed by atoms with Crippen LogP contribution in [-0.2, 0) is 15.8 Å². The van der Waals surface area contributed by atoms with Crippen LogP contribution in [0.4, 0.5) is 5.69 Å². The second-order valence-electron chi connectivity index (χ2n) is 4.82. The second-order valence-corrected chi connectivity index (χ2v) is 7.71. The van der Waals surface area contributed by atoms with E-state index >= 15 is 0 Å². The Morgan fingerprint density at radius 3 is 2.79 bits per heavy atom. The Morgan fingerprint density at radius 1 is 1.29 bits per heavy atom. The third kappa shape index (κ3) is 3.64. The molecule has 0 unspecified atom stereocenters. The van der Waals surface area contributed by atoms with Gasteiger partial charge in [-0.05, 0) is 29.2 Å². The number of halogens is 1. The molecule has 24 heavy (non-hydrogen) atoms. The number of hydrogen-bond donors (Lipinski definition) is 1. The van der Waals surface area contributed by atoms with Crippen molar-refractivity contribution in [2.45, 2.75) is 5.75 Å². The Kier molecular flexibility index (Phi) is 4.65. The van der Waals surface area contributed by atoms with Crippen LogP contribution in [0.5, 0.6) is 0 Å². The molecule has 0 atom stereocenters. The van der Waals surface area contributed by atoms with Gasteiger partial charge < -0.3 is 5.32 Å². The summed E-state index contributed by atoms with van der Waals surface area (Å²) < 4.78 is 29.6. The number of anilines is 1. The van der Waals surface area contributed by atoms with Crippen molar-refractivity contribution in [3.63, 3.8) is 0 Å². The maximum absolute atomic E-state index is 12.5. The van der Waals surface area contributed by atoms with Crippen LogP contribution in [0.25, 0.3) is 0 Å². The van der Waals surface area contributed by atoms with Gasteiger partial charge in [0.25, 0.3) is 5.91 Å². The predicted molar refractivity (Wildman–Crippen MR) is 91.8 cm³/mol. The van der Waals surface area contributed by atoms with E-state index in [0.717, 1.165) is 15.5 Å². The lowest BCUT2D eigenvalue weighted by atomic mass is 10.2. The monoisotopic (exact) mass is 382 g/mol. The summed E-state index contributed by atoms with van der Waals surface area (Å²) in [5.74, 6) is -0.699. The van der Waals surface area contributed by atoms with Gasteiger partial charge in [0, 0.05) is 22.8 Å². The second kappa shape index (κ2) is 6.71. The molecule has 1 N–H and O–H groups in total. The summed E-state index contributed by atoms with van der Waals surface area (Å²) in [6, 6.07) is 8.23. The first-order valence-corrected chi connectivity index (χ1v) is 9.51. The molecule has 2 aromatic heterocycles. The Balaban J connectivity index is 1.77. The molecular weight excluding hydrogens is 372 g/mol. The van der Waals surface area contributed by atoms with Gasteiger partial charge in [0.05, 0.1) is 11.4 Å². The van der Waals surface area contributed by atoms with Crippen molar-refractivity contribution in [1.82, 2.24) is 13.6 Å². The molecule has 2 heterocycles. The third-order valence-corrected chi connectivity index (χ3v) is 5.55. The molecule has 0 saturated heterocycles. The maximum Gasteiger partial charge on any atom is 0.277 e. The molecule has 0 spiro atoms. The standard InChI is InChI=1S/C14H11ClN4O3S2/c15-12-4-2-1-3-10(12)9-24(21,22)19-6-5-11(7-19)16-14(20)13-8-23-18-17-13/h1-8H,9H2,(H,16,20). The first kappa shape index (κ1) is 16.6. The number of carbonyl (C=O) groups is 1. The van der Waals surface area contributed by atoms with Crippen LogP contribution in [0.15, 0.2) is 48.1 Å². The number of hydrogen-bond acceptors (Lipinski definition) is 6. The highest BCUT2D eigenvalue weighted by Crippen LogP contribution is 2.20. The van der Waals surface area contributed by atoms with Crippen LogP contribution < -0.4 is 5.32 Å². The lowest BCUT2D eigenvalue weighted by molar-refractivity contribution is 0.102. The van der Waals surface area contributed by atoms with Crippen molar-refractivity contribution < 1.29 is 13.2 Å². The topological polar surface area (TPSA) is 94.0 Å². The van der Waals surface area contributed by atoms with Crippen LogP contribution in [0.2, 0.25) is 5.02 Å². The number of benzene rings is 1. The first-order chi connectivity index (χ1) is 11.5. The highest BCUT2D eigenvalue weighted by atomic mass is 35.5. The van der Waals surface area contributed by atoms with Gasteiger partial charge in [0.2, 0.25) is 10.0 Å². The highest BCUT2D eigenvalue weighted by molar-refractivity contribution is 7.89. The molecule has 7 nitrogen and oxygen atoms in total. The van der Waals surface area contributed by atoms with Gasteiger partial charge in [-0.2, -0.15) is 0 Å². The van der Waals surface area contributed by atoms with E-state index in [9.17, 15) is 13.2 Å². The molecular formula is C14H11ClN4O3S2. The van der Waals surface area contributed by atoms with Crippen molar-refractivity contribution in [3.8, 4) is 0 Å². The van der Waals surface area contributed by atoms with Crippen LogP contribution in [0.1, 0.15) is 16.1 Å². The van der Waals surface area contributed by atoms with Crippen LogP contribution in [0.3, 0.4) is 0 Å². The van der Waals surface area contributed by atoms with Gasteiger partial charge in [-0.1, -0.05) is 34.3 Å². The summed E-state index contributed by atoms with van der Waals surface area (Å²) in [6.07, 6.45) is 2.69. The van der Waals surface area contributed by atoms with E-state index in [4.69, 9.17) is 11.6 Å². The Hall–Kier alpha value is -2.23. The van der Waals surface area contributed by atoms with E-state index in [1.807, 2.05) is 0 Å². The van der Waals surface area contributed by atoms with Crippen molar-refractivity contribution in [3.05, 3.63) is 64.4 Å². The van der Waals surface area contributed by atoms with Crippen molar-refractivity contribution in [1.29, 1.82) is 0 Å². The van der Waals surface area contributed by atoms with Gasteiger partial charge in [0.1, 0.15) is 0 Å². The smallest absolute Gasteiger partial charge is 0.277 e. The average molecular weight is 383 g/mol. The van der Waals surface area contributed by atoms with Gasteiger partial charge in [-0.3, -0.25) is 8.77 Å². The summed E-state index contributed by atoms with van der Waals surface area (Å²) in [6.45, 7) is 0. The zero-order chi connectivity index (χ0) is 17.2. The molecule has 0 saturated carbocycles. The minimum absolute atomic E-state index is 0.173. The Labute approximate surface area is 147 Å². The molecule has 1 amide bonds. The van der Waals surface area contributed by atoms with Crippen LogP contribution >= 0.6 is 23.1 Å². The Bertz CT molecular complexity index is 968. The zero-order valence-electron chi connectivity index (χ0n) is 12.1. The number of amides is 1. The molecule has 3 rings (SSSR count). The van der Waals surface area contributed by atoms with Crippen molar-refractivity contribution in [2.24, 2.45) is 0 Å². The summed E-state index contributed by atoms with van der Waals surface area (Å²) in [7, 11) is -3.65. The van der Waals surface area contributed by atoms with E-state index in [-0.39, 0.29) is 11.4 Å². The SMILES string of the molecule is O=C(Nc1ccn(S(=O)(=O)Cc2ccccc2Cl)c1)c1csnn1. The largest absolute Gasteiger partial charge is 0.319 e. The summed E-state index contributed by atoms with van der Waals surface area (Å²) >= 11 is 7.06. The molecule has 0 aliphatic rings. The van der Waals surface area contributed by atoms with Crippen molar-refractivity contribution in [2.75, 3.05) is 5.32 Å². The molecule has 0 aliphatic carbocycles. The predicted octanol–water partition coefficient (Wildman–Crippen LogP) is 2.62. The van der Waals surface area contributed by atoms with Crippen LogP contribution in [-0.4, -0.2) is 27.9 Å². The van der Waals surface area contributed by atoms with Gasteiger partial charge in [0.15, 0.2) is 5.69 Å². The fraction of sp³-hybridized carbons (Fsp3) is 0.0714. The molecule has 0 aliphatic heterocycles. The number of carbonyl (C=O) groups excluding carboxylic acids is 1. The Morgan fingerprint density at radius 2 is 2.08 bits per heavy atom. The fourth-order valence-corrected chi connectivity index (χ4v) is 4.00. The molecule has 10 heteroatoms. The molecule has 0 bridgehead atoms. The van der Waals surface area contributed by atoms with E-state index in [2.05, 4.69) is 14.9 Å². The average Bonchev–Trinajstić information content (AvgIpc) is 3.20. The molecule has 124 valence electrons. The quantitative estimate of drug-likeness (QED) is 0.732. The summed E-state index contributed by atoms with van der Waals surface area (Å²) in [4.78, 5) is 11.9. The summed E-state index contributed by atoms with van der Waals surface area (Å²) in [5, 5.41) is 8.10. The molecule has 0 radical (unpaired) electrons. The zero-order valence-corrected chi connectivity index (χ0v) is 14.5. The van der Waals surface area contributed by atoms with E-state index in [1.54, 1.807) is 24.3 Å². The number of nitrogens with one attached hydrogen (secondary N) is 1. The van der Waals surface area contributed by atoms with E-state index in [1.165, 1.54) is 23.8 Å². The maximum atomic E-state index is 12.5. The van der Waals surface area contributed by atoms with Gasteiger partial charge in [-0.25, -0.2) is 8.42 Å². The highest BCUT2D eigenvalue weighted by Gasteiger charge is 2.17. The molecule has 1 aromatic carbocycles. The lowest BCUT2D eigenvalue weighted by Gasteiger charge is -2.07. The van der Waals surface area contributed by atoms with E-state index in [0.29, 0.717) is 16.3 Å². The first-order valence-electron chi connectivity index (χ1n) is 6.69. The van der Waals surface area contributed by atoms with E-state index < -0.39 is 15.9 Å². The molecule has 0 fully saturated rings. The fourth-order valence-electron chi connectivity index (χ4n) is 1.97. The minimum Gasteiger partial charge on any atom is -0.319 e. The van der Waals surface area contributed by atoms with Crippen molar-refractivity contribution >= 4 is 44.8 Å². The van der Waals surface area contributed by atoms with Crippen LogP contribution in [0, 0.1) is 0 Å². The summed E-state index contributed by atoms with van der Waals surface area (Å²) in [5.41, 5.74) is 1.02. The number of aromatic nitrogens is 3. The van der Waals surface area contributed by atoms with Gasteiger partial charge >= 0.3 is 0 Å². The number of nitrogens with zero attached hydrogens (tertiary/aromatic N) is 3. The normalized spacial score (nSPS) is 11.4. The van der Waals surface area contributed by atoms with Gasteiger partial charge in [-0.15, -0.1) is 5.10 Å². The minimum atomic E-state index is -3.65.